The predicted molar refractivity (Wildman–Crippen MR) is 50.4 cm³/mol. The summed E-state index contributed by atoms with van der Waals surface area (Å²) in [5.41, 5.74) is 0.909. The highest BCUT2D eigenvalue weighted by molar-refractivity contribution is 5.88. The number of nitrogens with zero attached hydrogens (tertiary/aromatic N) is 3. The Morgan fingerprint density at radius 2 is 2.36 bits per heavy atom. The van der Waals surface area contributed by atoms with Crippen molar-refractivity contribution in [3.63, 3.8) is 0 Å². The van der Waals surface area contributed by atoms with Gasteiger partial charge in [0, 0.05) is 12.1 Å². The zero-order valence-electron chi connectivity index (χ0n) is 8.03. The third kappa shape index (κ3) is 2.52. The minimum absolute atomic E-state index is 0.167. The summed E-state index contributed by atoms with van der Waals surface area (Å²) in [6.07, 6.45) is 0.360. The molecule has 0 unspecified atom stereocenters. The lowest BCUT2D eigenvalue weighted by Crippen LogP contribution is -2.13. The fraction of sp³-hybridized carbons (Fsp3) is 0.333. The average Bonchev–Trinajstić information content (AvgIpc) is 2.16. The number of rotatable bonds is 2. The molecule has 0 bridgehead atoms. The van der Waals surface area contributed by atoms with Gasteiger partial charge >= 0.3 is 0 Å². The molecule has 0 saturated carbocycles. The molecule has 0 aliphatic rings. The van der Waals surface area contributed by atoms with Crippen molar-refractivity contribution in [2.45, 2.75) is 20.3 Å². The molecule has 0 aliphatic carbocycles. The minimum Gasteiger partial charge on any atom is -0.294 e. The molecule has 14 heavy (non-hydrogen) atoms. The number of carbonyl (C=O) groups excluding carboxylic acids is 1. The Labute approximate surface area is 81.8 Å². The molecule has 1 heterocycles. The van der Waals surface area contributed by atoms with Crippen molar-refractivity contribution in [3.8, 4) is 6.07 Å². The molecule has 0 aliphatic heterocycles. The summed E-state index contributed by atoms with van der Waals surface area (Å²) in [5, 5.41) is 11.1. The highest BCUT2D eigenvalue weighted by atomic mass is 16.1. The molecule has 5 heteroatoms. The highest BCUT2D eigenvalue weighted by Gasteiger charge is 2.04. The van der Waals surface area contributed by atoms with Gasteiger partial charge in [-0.2, -0.15) is 5.26 Å². The first kappa shape index (κ1) is 10.1. The van der Waals surface area contributed by atoms with Crippen LogP contribution in [0.3, 0.4) is 0 Å². The van der Waals surface area contributed by atoms with Crippen molar-refractivity contribution in [3.05, 3.63) is 17.5 Å². The maximum atomic E-state index is 11.0. The second-order valence-electron chi connectivity index (χ2n) is 2.73. The van der Waals surface area contributed by atoms with Crippen molar-refractivity contribution in [2.24, 2.45) is 0 Å². The largest absolute Gasteiger partial charge is 0.294 e. The fourth-order valence-electron chi connectivity index (χ4n) is 0.895. The number of nitriles is 1. The van der Waals surface area contributed by atoms with E-state index in [1.807, 2.05) is 6.07 Å². The Bertz CT molecular complexity index is 394. The van der Waals surface area contributed by atoms with Gasteiger partial charge in [0.15, 0.2) is 0 Å². The molecule has 0 fully saturated rings. The standard InChI is InChI=1S/C9H10N4O/c1-3-8(14)13-9-11-6(2)4-7(5-10)12-9/h4H,3H2,1-2H3,(H,11,12,13,14). The molecule has 0 spiro atoms. The van der Waals surface area contributed by atoms with Crippen LogP contribution in [0.1, 0.15) is 24.7 Å². The van der Waals surface area contributed by atoms with Crippen LogP contribution in [0.15, 0.2) is 6.07 Å². The lowest BCUT2D eigenvalue weighted by atomic mass is 10.3. The van der Waals surface area contributed by atoms with Gasteiger partial charge in [0.2, 0.25) is 11.9 Å². The number of hydrogen-bond acceptors (Lipinski definition) is 4. The Balaban J connectivity index is 2.93. The molecular weight excluding hydrogens is 180 g/mol. The Kier molecular flexibility index (Phi) is 3.13. The van der Waals surface area contributed by atoms with Crippen molar-refractivity contribution in [2.75, 3.05) is 5.32 Å². The second-order valence-corrected chi connectivity index (χ2v) is 2.73. The Morgan fingerprint density at radius 1 is 1.64 bits per heavy atom. The smallest absolute Gasteiger partial charge is 0.230 e. The molecule has 0 radical (unpaired) electrons. The molecule has 5 nitrogen and oxygen atoms in total. The number of aromatic nitrogens is 2. The summed E-state index contributed by atoms with van der Waals surface area (Å²) in [6.45, 7) is 3.47. The van der Waals surface area contributed by atoms with Crippen LogP contribution in [-0.2, 0) is 4.79 Å². The summed E-state index contributed by atoms with van der Waals surface area (Å²) in [7, 11) is 0. The van der Waals surface area contributed by atoms with E-state index < -0.39 is 0 Å². The van der Waals surface area contributed by atoms with Crippen LogP contribution in [-0.4, -0.2) is 15.9 Å². The number of nitrogens with one attached hydrogen (secondary N) is 1. The van der Waals surface area contributed by atoms with Gasteiger partial charge in [0.25, 0.3) is 0 Å². The van der Waals surface area contributed by atoms with Gasteiger partial charge in [-0.25, -0.2) is 9.97 Å². The van der Waals surface area contributed by atoms with Crippen molar-refractivity contribution < 1.29 is 4.79 Å². The lowest BCUT2D eigenvalue weighted by molar-refractivity contribution is -0.115. The van der Waals surface area contributed by atoms with Gasteiger partial charge in [0.05, 0.1) is 0 Å². The van der Waals surface area contributed by atoms with Gasteiger partial charge in [0.1, 0.15) is 11.8 Å². The molecule has 1 rings (SSSR count). The summed E-state index contributed by atoms with van der Waals surface area (Å²) < 4.78 is 0. The third-order valence-corrected chi connectivity index (χ3v) is 1.54. The Morgan fingerprint density at radius 3 is 2.93 bits per heavy atom. The van der Waals surface area contributed by atoms with Crippen LogP contribution in [0.2, 0.25) is 0 Å². The van der Waals surface area contributed by atoms with Gasteiger partial charge < -0.3 is 0 Å². The number of aryl methyl sites for hydroxylation is 1. The van der Waals surface area contributed by atoms with Crippen LogP contribution in [0.5, 0.6) is 0 Å². The van der Waals surface area contributed by atoms with E-state index in [0.29, 0.717) is 12.1 Å². The number of hydrogen-bond donors (Lipinski definition) is 1. The maximum absolute atomic E-state index is 11.0. The van der Waals surface area contributed by atoms with E-state index in [2.05, 4.69) is 15.3 Å². The topological polar surface area (TPSA) is 78.7 Å². The van der Waals surface area contributed by atoms with Crippen LogP contribution in [0.4, 0.5) is 5.95 Å². The summed E-state index contributed by atoms with van der Waals surface area (Å²) in [6, 6.07) is 3.45. The predicted octanol–water partition coefficient (Wildman–Crippen LogP) is 1.01. The molecule has 72 valence electrons. The second kappa shape index (κ2) is 4.33. The van der Waals surface area contributed by atoms with Gasteiger partial charge in [-0.15, -0.1) is 0 Å². The molecule has 0 atom stereocenters. The van der Waals surface area contributed by atoms with E-state index >= 15 is 0 Å². The van der Waals surface area contributed by atoms with E-state index in [-0.39, 0.29) is 17.5 Å². The fourth-order valence-corrected chi connectivity index (χ4v) is 0.895. The average molecular weight is 190 g/mol. The third-order valence-electron chi connectivity index (χ3n) is 1.54. The summed E-state index contributed by atoms with van der Waals surface area (Å²) >= 11 is 0. The summed E-state index contributed by atoms with van der Waals surface area (Å²) in [4.78, 5) is 18.8. The van der Waals surface area contributed by atoms with Crippen molar-refractivity contribution in [1.82, 2.24) is 9.97 Å². The first-order valence-electron chi connectivity index (χ1n) is 4.21. The Hall–Kier alpha value is -1.96. The molecule has 0 saturated heterocycles. The van der Waals surface area contributed by atoms with E-state index in [0.717, 1.165) is 0 Å². The first-order valence-corrected chi connectivity index (χ1v) is 4.21. The van der Waals surface area contributed by atoms with Gasteiger partial charge in [-0.1, -0.05) is 6.92 Å². The first-order chi connectivity index (χ1) is 6.65. The van der Waals surface area contributed by atoms with E-state index in [9.17, 15) is 4.79 Å². The van der Waals surface area contributed by atoms with Gasteiger partial charge in [-0.05, 0) is 13.0 Å². The van der Waals surface area contributed by atoms with E-state index in [4.69, 9.17) is 5.26 Å². The quantitative estimate of drug-likeness (QED) is 0.754. The van der Waals surface area contributed by atoms with E-state index in [1.54, 1.807) is 19.9 Å². The van der Waals surface area contributed by atoms with Crippen molar-refractivity contribution in [1.29, 1.82) is 5.26 Å². The highest BCUT2D eigenvalue weighted by Crippen LogP contribution is 2.03. The molecule has 1 amide bonds. The number of carbonyl (C=O) groups is 1. The van der Waals surface area contributed by atoms with Gasteiger partial charge in [-0.3, -0.25) is 10.1 Å². The van der Waals surface area contributed by atoms with Crippen molar-refractivity contribution >= 4 is 11.9 Å². The molecular formula is C9H10N4O. The van der Waals surface area contributed by atoms with Crippen LogP contribution in [0, 0.1) is 18.3 Å². The monoisotopic (exact) mass is 190 g/mol. The normalized spacial score (nSPS) is 9.21. The SMILES string of the molecule is CCC(=O)Nc1nc(C)cc(C#N)n1. The lowest BCUT2D eigenvalue weighted by Gasteiger charge is -2.02. The van der Waals surface area contributed by atoms with Crippen LogP contribution in [0.25, 0.3) is 0 Å². The zero-order chi connectivity index (χ0) is 10.6. The van der Waals surface area contributed by atoms with E-state index in [1.165, 1.54) is 0 Å². The summed E-state index contributed by atoms with van der Waals surface area (Å²) in [5.74, 6) is 0.0212. The minimum atomic E-state index is -0.167. The zero-order valence-corrected chi connectivity index (χ0v) is 8.03. The van der Waals surface area contributed by atoms with Crippen LogP contribution < -0.4 is 5.32 Å². The maximum Gasteiger partial charge on any atom is 0.230 e. The number of amides is 1. The molecule has 1 N–H and O–H groups in total. The number of anilines is 1. The molecule has 1 aromatic rings. The molecule has 0 aromatic carbocycles. The van der Waals surface area contributed by atoms with Crippen LogP contribution >= 0.6 is 0 Å². The molecule has 1 aromatic heterocycles.